The molecule has 0 aromatic rings. The van der Waals surface area contributed by atoms with E-state index in [1.807, 2.05) is 4.90 Å². The van der Waals surface area contributed by atoms with Gasteiger partial charge in [0.15, 0.2) is 0 Å². The van der Waals surface area contributed by atoms with Crippen LogP contribution >= 0.6 is 0 Å². The molecule has 0 saturated heterocycles. The van der Waals surface area contributed by atoms with Crippen LogP contribution in [0.5, 0.6) is 0 Å². The second-order valence-corrected chi connectivity index (χ2v) is 17.8. The summed E-state index contributed by atoms with van der Waals surface area (Å²) in [5, 5.41) is 6.19. The highest BCUT2D eigenvalue weighted by molar-refractivity contribution is 5.78. The Balaban J connectivity index is 0. The average Bonchev–Trinajstić information content (AvgIpc) is 3.28. The highest BCUT2D eigenvalue weighted by Gasteiger charge is 2.18. The molecule has 10 heteroatoms. The first-order valence-electron chi connectivity index (χ1n) is 26.7. The minimum Gasteiger partial charge on any atom is -0.438 e. The topological polar surface area (TPSA) is 103 Å². The SMILES string of the molecule is CCCCCCCCCN(CCCCCCCC)CCN(CCCCCCCCC)CC(=O)N(CCC)CCNC=O.CCCCCCCCCNCCCCCOC(=O)OC. The van der Waals surface area contributed by atoms with Gasteiger partial charge in [-0.25, -0.2) is 4.79 Å². The van der Waals surface area contributed by atoms with Crippen molar-refractivity contribution in [2.45, 2.75) is 234 Å². The zero-order chi connectivity index (χ0) is 45.8. The zero-order valence-corrected chi connectivity index (χ0v) is 42.4. The number of unbranched alkanes of at least 4 members (excludes halogenated alkanes) is 25. The number of ether oxygens (including phenoxy) is 2. The molecule has 0 aliphatic rings. The molecular weight excluding hydrogens is 775 g/mol. The van der Waals surface area contributed by atoms with Crippen LogP contribution in [0.25, 0.3) is 0 Å². The van der Waals surface area contributed by atoms with E-state index >= 15 is 0 Å². The van der Waals surface area contributed by atoms with E-state index in [2.05, 4.69) is 59.8 Å². The lowest BCUT2D eigenvalue weighted by Crippen LogP contribution is -2.45. The van der Waals surface area contributed by atoms with Crippen LogP contribution in [0, 0.1) is 0 Å². The lowest BCUT2D eigenvalue weighted by atomic mass is 10.1. The van der Waals surface area contributed by atoms with Crippen molar-refractivity contribution in [2.75, 3.05) is 85.7 Å². The molecule has 0 unspecified atom stereocenters. The summed E-state index contributed by atoms with van der Waals surface area (Å²) in [6.07, 6.45) is 40.4. The monoisotopic (exact) mass is 882 g/mol. The van der Waals surface area contributed by atoms with Gasteiger partial charge in [0.2, 0.25) is 12.3 Å². The van der Waals surface area contributed by atoms with Gasteiger partial charge in [-0.3, -0.25) is 14.5 Å². The van der Waals surface area contributed by atoms with Gasteiger partial charge in [-0.2, -0.15) is 0 Å². The Bertz CT molecular complexity index is 913. The third-order valence-corrected chi connectivity index (χ3v) is 11.9. The number of methoxy groups -OCH3 is 1. The molecule has 0 heterocycles. The molecule has 10 nitrogen and oxygen atoms in total. The van der Waals surface area contributed by atoms with Gasteiger partial charge >= 0.3 is 6.16 Å². The van der Waals surface area contributed by atoms with Crippen LogP contribution in [0.2, 0.25) is 0 Å². The lowest BCUT2D eigenvalue weighted by molar-refractivity contribution is -0.132. The van der Waals surface area contributed by atoms with E-state index in [4.69, 9.17) is 4.74 Å². The van der Waals surface area contributed by atoms with Gasteiger partial charge < -0.3 is 29.9 Å². The third kappa shape index (κ3) is 47.6. The molecule has 2 N–H and O–H groups in total. The maximum atomic E-state index is 13.4. The van der Waals surface area contributed by atoms with Crippen LogP contribution in [-0.2, 0) is 19.1 Å². The number of nitrogens with one attached hydrogen (secondary N) is 2. The van der Waals surface area contributed by atoms with Crippen LogP contribution < -0.4 is 10.6 Å². The van der Waals surface area contributed by atoms with E-state index in [0.717, 1.165) is 71.4 Å². The van der Waals surface area contributed by atoms with E-state index in [1.165, 1.54) is 194 Å². The second-order valence-electron chi connectivity index (χ2n) is 17.8. The van der Waals surface area contributed by atoms with E-state index in [0.29, 0.717) is 26.2 Å². The highest BCUT2D eigenvalue weighted by Crippen LogP contribution is 2.12. The van der Waals surface area contributed by atoms with Crippen LogP contribution in [0.3, 0.4) is 0 Å². The Morgan fingerprint density at radius 1 is 0.435 bits per heavy atom. The molecule has 0 aromatic carbocycles. The number of hydrogen-bond acceptors (Lipinski definition) is 8. The van der Waals surface area contributed by atoms with Gasteiger partial charge in [0.05, 0.1) is 20.3 Å². The average molecular weight is 882 g/mol. The van der Waals surface area contributed by atoms with Crippen molar-refractivity contribution < 1.29 is 23.9 Å². The number of hydrogen-bond donors (Lipinski definition) is 2. The summed E-state index contributed by atoms with van der Waals surface area (Å²) in [5.41, 5.74) is 0. The Labute approximate surface area is 385 Å². The Hall–Kier alpha value is -1.91. The fourth-order valence-electron chi connectivity index (χ4n) is 7.85. The van der Waals surface area contributed by atoms with Gasteiger partial charge in [0.25, 0.3) is 0 Å². The molecule has 0 aromatic heterocycles. The van der Waals surface area contributed by atoms with Gasteiger partial charge in [0, 0.05) is 32.7 Å². The Morgan fingerprint density at radius 2 is 0.839 bits per heavy atom. The standard InChI is InChI=1S/C36H74N4O2.C16H33NO3/c1-5-9-12-15-18-21-24-29-38(28-23-20-17-14-11-7-3)32-33-39(30-25-22-19-16-13-10-6-2)34-36(42)40(27-8-4)31-26-37-35-41;1-3-4-5-6-7-8-10-13-17-14-11-9-12-15-20-16(18)19-2/h35H,5-34H2,1-4H3,(H,37,41);17H,3-15H2,1-2H3. The first-order chi connectivity index (χ1) is 30.4. The summed E-state index contributed by atoms with van der Waals surface area (Å²) in [5.74, 6) is 0.210. The molecule has 370 valence electrons. The fraction of sp³-hybridized carbons (Fsp3) is 0.942. The predicted molar refractivity (Wildman–Crippen MR) is 266 cm³/mol. The molecule has 0 bridgehead atoms. The first-order valence-corrected chi connectivity index (χ1v) is 26.7. The molecule has 2 amide bonds. The third-order valence-electron chi connectivity index (χ3n) is 11.9. The van der Waals surface area contributed by atoms with E-state index in [9.17, 15) is 14.4 Å². The lowest BCUT2D eigenvalue weighted by Gasteiger charge is -2.30. The number of carbonyl (C=O) groups is 3. The van der Waals surface area contributed by atoms with Gasteiger partial charge in [0.1, 0.15) is 0 Å². The zero-order valence-electron chi connectivity index (χ0n) is 42.4. The maximum Gasteiger partial charge on any atom is 0.507 e. The molecule has 0 aliphatic carbocycles. The van der Waals surface area contributed by atoms with Crippen LogP contribution in [0.4, 0.5) is 4.79 Å². The number of carbonyl (C=O) groups excluding carboxylic acids is 3. The summed E-state index contributed by atoms with van der Waals surface area (Å²) in [4.78, 5) is 41.9. The number of amides is 2. The predicted octanol–water partition coefficient (Wildman–Crippen LogP) is 12.7. The van der Waals surface area contributed by atoms with Crippen molar-refractivity contribution in [1.29, 1.82) is 0 Å². The molecule has 0 saturated carbocycles. The first kappa shape index (κ1) is 62.2. The van der Waals surface area contributed by atoms with Gasteiger partial charge in [-0.05, 0) is 84.1 Å². The van der Waals surface area contributed by atoms with E-state index in [1.54, 1.807) is 0 Å². The van der Waals surface area contributed by atoms with Crippen LogP contribution in [-0.4, -0.2) is 119 Å². The summed E-state index contributed by atoms with van der Waals surface area (Å²) < 4.78 is 9.20. The van der Waals surface area contributed by atoms with Crippen molar-refractivity contribution in [1.82, 2.24) is 25.3 Å². The smallest absolute Gasteiger partial charge is 0.438 e. The van der Waals surface area contributed by atoms with Crippen molar-refractivity contribution >= 4 is 18.5 Å². The molecule has 62 heavy (non-hydrogen) atoms. The molecule has 0 aliphatic heterocycles. The van der Waals surface area contributed by atoms with Crippen molar-refractivity contribution in [3.05, 3.63) is 0 Å². The molecule has 0 atom stereocenters. The van der Waals surface area contributed by atoms with Crippen LogP contribution in [0.15, 0.2) is 0 Å². The molecular formula is C52H107N5O5. The van der Waals surface area contributed by atoms with Crippen LogP contribution in [0.1, 0.15) is 234 Å². The van der Waals surface area contributed by atoms with E-state index in [-0.39, 0.29) is 5.91 Å². The van der Waals surface area contributed by atoms with Crippen molar-refractivity contribution in [3.63, 3.8) is 0 Å². The Morgan fingerprint density at radius 3 is 1.27 bits per heavy atom. The summed E-state index contributed by atoms with van der Waals surface area (Å²) >= 11 is 0. The quantitative estimate of drug-likeness (QED) is 0.0354. The van der Waals surface area contributed by atoms with Gasteiger partial charge in [-0.1, -0.05) is 182 Å². The summed E-state index contributed by atoms with van der Waals surface area (Å²) in [6, 6.07) is 0. The summed E-state index contributed by atoms with van der Waals surface area (Å²) in [6.45, 7) is 21.7. The number of rotatable bonds is 48. The van der Waals surface area contributed by atoms with Crippen molar-refractivity contribution in [3.8, 4) is 0 Å². The number of nitrogens with zero attached hydrogens (tertiary/aromatic N) is 3. The minimum atomic E-state index is -0.581. The largest absolute Gasteiger partial charge is 0.507 e. The molecule has 0 radical (unpaired) electrons. The molecule has 0 spiro atoms. The molecule has 0 rings (SSSR count). The Kier molecular flexibility index (Phi) is 53.6. The highest BCUT2D eigenvalue weighted by atomic mass is 16.7. The molecule has 0 fully saturated rings. The van der Waals surface area contributed by atoms with Crippen molar-refractivity contribution in [2.24, 2.45) is 0 Å². The summed E-state index contributed by atoms with van der Waals surface area (Å²) in [7, 11) is 1.33. The fourth-order valence-corrected chi connectivity index (χ4v) is 7.85. The minimum absolute atomic E-state index is 0.210. The second kappa shape index (κ2) is 53.4. The normalized spacial score (nSPS) is 11.2. The maximum absolute atomic E-state index is 13.4. The van der Waals surface area contributed by atoms with E-state index < -0.39 is 6.16 Å². The van der Waals surface area contributed by atoms with Gasteiger partial charge in [-0.15, -0.1) is 0 Å².